The molecule has 0 aromatic rings. The maximum absolute atomic E-state index is 5.30. The van der Waals surface area contributed by atoms with Gasteiger partial charge in [-0.15, -0.1) is 0 Å². The fourth-order valence-electron chi connectivity index (χ4n) is 3.10. The molecule has 0 fully saturated rings. The van der Waals surface area contributed by atoms with E-state index in [0.717, 1.165) is 6.04 Å². The van der Waals surface area contributed by atoms with E-state index < -0.39 is 9.28 Å². The van der Waals surface area contributed by atoms with Crippen molar-refractivity contribution in [3.8, 4) is 0 Å². The molecule has 0 unspecified atom stereocenters. The van der Waals surface area contributed by atoms with E-state index >= 15 is 0 Å². The van der Waals surface area contributed by atoms with Crippen LogP contribution >= 0.6 is 0 Å². The maximum atomic E-state index is 5.30. The van der Waals surface area contributed by atoms with E-state index in [1.807, 2.05) is 0 Å². The topological polar surface area (TPSA) is 18.5 Å². The van der Waals surface area contributed by atoms with Gasteiger partial charge in [0.05, 0.1) is 0 Å². The van der Waals surface area contributed by atoms with Crippen LogP contribution in [0.25, 0.3) is 0 Å². The van der Waals surface area contributed by atoms with Gasteiger partial charge in [-0.25, -0.2) is 0 Å². The second-order valence-electron chi connectivity index (χ2n) is 6.83. The van der Waals surface area contributed by atoms with Crippen LogP contribution in [-0.2, 0) is 8.85 Å². The summed E-state index contributed by atoms with van der Waals surface area (Å²) >= 11 is 0. The van der Waals surface area contributed by atoms with Crippen molar-refractivity contribution in [2.45, 2.75) is 116 Å². The van der Waals surface area contributed by atoms with E-state index in [1.54, 1.807) is 14.2 Å². The van der Waals surface area contributed by atoms with Gasteiger partial charge in [-0.3, -0.25) is 0 Å². The second-order valence-corrected chi connectivity index (χ2v) is 8.89. The fraction of sp³-hybridized carbons (Fsp3) is 1.00. The summed E-state index contributed by atoms with van der Waals surface area (Å²) < 4.78 is 10.6. The standard InChI is InChI=1S/C20H43O2Si/c1-4-5-6-7-8-9-10-11-12-13-14-15-16-17-18-19-20-23(21-2)22-3/h4-20H2,1-3H3. The predicted molar refractivity (Wildman–Crippen MR) is 104 cm³/mol. The Morgan fingerprint density at radius 1 is 0.478 bits per heavy atom. The molecule has 0 aliphatic rings. The first-order valence-electron chi connectivity index (χ1n) is 10.3. The second kappa shape index (κ2) is 20.2. The van der Waals surface area contributed by atoms with Crippen molar-refractivity contribution in [3.63, 3.8) is 0 Å². The summed E-state index contributed by atoms with van der Waals surface area (Å²) in [6.45, 7) is 2.29. The number of rotatable bonds is 19. The minimum absolute atomic E-state index is 0.942. The maximum Gasteiger partial charge on any atom is 0.384 e. The lowest BCUT2D eigenvalue weighted by molar-refractivity contribution is 0.276. The zero-order valence-corrected chi connectivity index (χ0v) is 17.3. The van der Waals surface area contributed by atoms with Crippen LogP contribution in [0, 0.1) is 0 Å². The third kappa shape index (κ3) is 18.3. The molecule has 0 rings (SSSR count). The molecule has 0 atom stereocenters. The first kappa shape index (κ1) is 23.1. The first-order valence-corrected chi connectivity index (χ1v) is 11.8. The van der Waals surface area contributed by atoms with Crippen molar-refractivity contribution in [1.82, 2.24) is 0 Å². The van der Waals surface area contributed by atoms with Gasteiger partial charge in [0.1, 0.15) is 0 Å². The lowest BCUT2D eigenvalue weighted by atomic mass is 10.0. The third-order valence-corrected chi connectivity index (χ3v) is 6.36. The van der Waals surface area contributed by atoms with E-state index in [9.17, 15) is 0 Å². The van der Waals surface area contributed by atoms with Gasteiger partial charge in [-0.05, 0) is 6.04 Å². The van der Waals surface area contributed by atoms with Crippen molar-refractivity contribution >= 4 is 9.28 Å². The summed E-state index contributed by atoms with van der Waals surface area (Å²) in [4.78, 5) is 0. The SMILES string of the molecule is CCCCCCCCCCCCCCCCCC[Si](OC)OC. The molecule has 0 N–H and O–H groups in total. The third-order valence-electron chi connectivity index (χ3n) is 4.69. The van der Waals surface area contributed by atoms with Crippen molar-refractivity contribution in [2.75, 3.05) is 14.2 Å². The Labute approximate surface area is 148 Å². The van der Waals surface area contributed by atoms with Gasteiger partial charge >= 0.3 is 9.28 Å². The average Bonchev–Trinajstić information content (AvgIpc) is 2.58. The lowest BCUT2D eigenvalue weighted by Crippen LogP contribution is -2.18. The Morgan fingerprint density at radius 3 is 1.09 bits per heavy atom. The summed E-state index contributed by atoms with van der Waals surface area (Å²) in [7, 11) is 2.59. The highest BCUT2D eigenvalue weighted by Crippen LogP contribution is 2.14. The smallest absolute Gasteiger partial charge is 0.384 e. The zero-order valence-electron chi connectivity index (χ0n) is 16.3. The van der Waals surface area contributed by atoms with E-state index in [4.69, 9.17) is 8.85 Å². The minimum Gasteiger partial charge on any atom is -0.397 e. The largest absolute Gasteiger partial charge is 0.397 e. The molecule has 0 spiro atoms. The average molecular weight is 344 g/mol. The Balaban J connectivity index is 3.02. The highest BCUT2D eigenvalue weighted by atomic mass is 28.3. The normalized spacial score (nSPS) is 11.5. The van der Waals surface area contributed by atoms with Crippen LogP contribution in [0.5, 0.6) is 0 Å². The molecule has 0 heterocycles. The van der Waals surface area contributed by atoms with E-state index in [2.05, 4.69) is 6.92 Å². The quantitative estimate of drug-likeness (QED) is 0.185. The summed E-state index contributed by atoms with van der Waals surface area (Å²) in [5.74, 6) is 0. The summed E-state index contributed by atoms with van der Waals surface area (Å²) in [5.41, 5.74) is 0. The van der Waals surface area contributed by atoms with Crippen molar-refractivity contribution < 1.29 is 8.85 Å². The molecule has 0 amide bonds. The highest BCUT2D eigenvalue weighted by molar-refractivity contribution is 6.44. The fourth-order valence-corrected chi connectivity index (χ4v) is 4.22. The molecule has 1 radical (unpaired) electrons. The number of hydrogen-bond donors (Lipinski definition) is 0. The van der Waals surface area contributed by atoms with Crippen LogP contribution in [0.4, 0.5) is 0 Å². The molecule has 0 aliphatic heterocycles. The molecule has 2 nitrogen and oxygen atoms in total. The van der Waals surface area contributed by atoms with Gasteiger partial charge in [0.15, 0.2) is 0 Å². The molecule has 0 aliphatic carbocycles. The molecule has 3 heteroatoms. The zero-order chi connectivity index (χ0) is 17.0. The van der Waals surface area contributed by atoms with Gasteiger partial charge in [0.25, 0.3) is 0 Å². The monoisotopic (exact) mass is 343 g/mol. The van der Waals surface area contributed by atoms with Crippen LogP contribution in [0.2, 0.25) is 6.04 Å². The van der Waals surface area contributed by atoms with Gasteiger partial charge in [-0.1, -0.05) is 110 Å². The van der Waals surface area contributed by atoms with Crippen LogP contribution in [-0.4, -0.2) is 23.5 Å². The van der Waals surface area contributed by atoms with Crippen LogP contribution in [0.1, 0.15) is 110 Å². The van der Waals surface area contributed by atoms with Crippen LogP contribution in [0.15, 0.2) is 0 Å². The number of hydrogen-bond acceptors (Lipinski definition) is 2. The Kier molecular flexibility index (Phi) is 20.3. The van der Waals surface area contributed by atoms with Gasteiger partial charge in [-0.2, -0.15) is 0 Å². The van der Waals surface area contributed by atoms with Gasteiger partial charge in [0, 0.05) is 14.2 Å². The van der Waals surface area contributed by atoms with E-state index in [0.29, 0.717) is 0 Å². The van der Waals surface area contributed by atoms with E-state index in [1.165, 1.54) is 103 Å². The molecule has 0 saturated carbocycles. The molecule has 0 bridgehead atoms. The van der Waals surface area contributed by atoms with Crippen LogP contribution in [0.3, 0.4) is 0 Å². The van der Waals surface area contributed by atoms with E-state index in [-0.39, 0.29) is 0 Å². The summed E-state index contributed by atoms with van der Waals surface area (Å²) in [5, 5.41) is 0. The first-order chi connectivity index (χ1) is 11.3. The molecular formula is C20H43O2Si. The predicted octanol–water partition coefficient (Wildman–Crippen LogP) is 7.03. The Bertz CT molecular complexity index is 208. The molecule has 0 aromatic heterocycles. The molecular weight excluding hydrogens is 300 g/mol. The Hall–Kier alpha value is 0.137. The molecule has 0 aromatic carbocycles. The molecule has 23 heavy (non-hydrogen) atoms. The van der Waals surface area contributed by atoms with Gasteiger partial charge < -0.3 is 8.85 Å². The lowest BCUT2D eigenvalue weighted by Gasteiger charge is -2.08. The number of unbranched alkanes of at least 4 members (excludes halogenated alkanes) is 15. The summed E-state index contributed by atoms with van der Waals surface area (Å²) in [6, 6.07) is 1.14. The molecule has 0 saturated heterocycles. The minimum atomic E-state index is -0.942. The van der Waals surface area contributed by atoms with Crippen molar-refractivity contribution in [1.29, 1.82) is 0 Å². The van der Waals surface area contributed by atoms with Crippen molar-refractivity contribution in [3.05, 3.63) is 0 Å². The molecule has 139 valence electrons. The summed E-state index contributed by atoms with van der Waals surface area (Å²) in [6.07, 6.45) is 22.8. The van der Waals surface area contributed by atoms with Crippen LogP contribution < -0.4 is 0 Å². The highest BCUT2D eigenvalue weighted by Gasteiger charge is 2.10. The van der Waals surface area contributed by atoms with Crippen molar-refractivity contribution in [2.24, 2.45) is 0 Å². The van der Waals surface area contributed by atoms with Gasteiger partial charge in [0.2, 0.25) is 0 Å². The Morgan fingerprint density at radius 2 is 0.783 bits per heavy atom.